The Morgan fingerprint density at radius 1 is 1.03 bits per heavy atom. The number of hydrogen-bond acceptors (Lipinski definition) is 12. The van der Waals surface area contributed by atoms with Gasteiger partial charge in [0.1, 0.15) is 18.1 Å². The number of aromatic nitrogens is 5. The number of amides is 4. The molecule has 1 saturated heterocycles. The topological polar surface area (TPSA) is 218 Å². The van der Waals surface area contributed by atoms with Crippen LogP contribution in [0.5, 0.6) is 0 Å². The van der Waals surface area contributed by atoms with Crippen molar-refractivity contribution in [2.75, 3.05) is 36.9 Å². The molecular weight excluding hydrogens is 785 g/mol. The number of halogens is 2. The van der Waals surface area contributed by atoms with E-state index in [0.717, 1.165) is 12.1 Å². The van der Waals surface area contributed by atoms with Gasteiger partial charge in [-0.3, -0.25) is 33.7 Å². The van der Waals surface area contributed by atoms with Gasteiger partial charge in [0.2, 0.25) is 23.6 Å². The average molecular weight is 830 g/mol. The molecule has 60 heavy (non-hydrogen) atoms. The minimum Gasteiger partial charge on any atom is -0.444 e. The van der Waals surface area contributed by atoms with Crippen LogP contribution < -0.4 is 27.0 Å². The third kappa shape index (κ3) is 9.30. The predicted octanol–water partition coefficient (Wildman–Crippen LogP) is 5.33. The van der Waals surface area contributed by atoms with Crippen molar-refractivity contribution in [1.29, 1.82) is 0 Å². The van der Waals surface area contributed by atoms with Gasteiger partial charge < -0.3 is 29.5 Å². The van der Waals surface area contributed by atoms with Crippen LogP contribution in [0.25, 0.3) is 22.6 Å². The van der Waals surface area contributed by atoms with E-state index in [0.29, 0.717) is 86.7 Å². The molecule has 3 fully saturated rings. The van der Waals surface area contributed by atoms with Gasteiger partial charge in [-0.2, -0.15) is 5.10 Å². The highest BCUT2D eigenvalue weighted by atomic mass is 19.3. The first kappa shape index (κ1) is 40.5. The van der Waals surface area contributed by atoms with Crippen LogP contribution in [0.15, 0.2) is 62.6 Å². The van der Waals surface area contributed by atoms with Crippen molar-refractivity contribution in [3.8, 4) is 11.5 Å². The molecule has 19 heteroatoms. The summed E-state index contributed by atoms with van der Waals surface area (Å²) in [5.41, 5.74) is 1.53. The summed E-state index contributed by atoms with van der Waals surface area (Å²) in [6.45, 7) is 1.83. The van der Waals surface area contributed by atoms with E-state index >= 15 is 0 Å². The molecule has 316 valence electrons. The molecule has 1 atom stereocenters. The summed E-state index contributed by atoms with van der Waals surface area (Å²) >= 11 is 0. The second-order valence-corrected chi connectivity index (χ2v) is 15.4. The summed E-state index contributed by atoms with van der Waals surface area (Å²) in [7, 11) is 0. The van der Waals surface area contributed by atoms with Gasteiger partial charge in [-0.1, -0.05) is 12.1 Å². The zero-order chi connectivity index (χ0) is 41.8. The largest absolute Gasteiger partial charge is 0.444 e. The number of rotatable bonds is 17. The zero-order valence-electron chi connectivity index (χ0n) is 32.7. The van der Waals surface area contributed by atoms with E-state index < -0.39 is 35.7 Å². The number of aryl methyl sites for hydroxylation is 1. The number of para-hydroxylation sites is 1. The number of nitrogens with one attached hydrogen (secondary N) is 4. The molecule has 5 heterocycles. The van der Waals surface area contributed by atoms with Gasteiger partial charge in [-0.05, 0) is 87.5 Å². The Kier molecular flexibility index (Phi) is 12.1. The molecule has 2 aliphatic carbocycles. The van der Waals surface area contributed by atoms with Crippen LogP contribution >= 0.6 is 0 Å². The van der Waals surface area contributed by atoms with Crippen molar-refractivity contribution in [2.45, 2.75) is 82.7 Å². The highest BCUT2D eigenvalue weighted by molar-refractivity contribution is 6.03. The quantitative estimate of drug-likeness (QED) is 0.0691. The van der Waals surface area contributed by atoms with E-state index in [9.17, 15) is 32.8 Å². The summed E-state index contributed by atoms with van der Waals surface area (Å²) in [4.78, 5) is 71.3. The third-order valence-corrected chi connectivity index (χ3v) is 11.2. The van der Waals surface area contributed by atoms with Crippen LogP contribution in [-0.2, 0) is 25.5 Å². The number of alkyl halides is 2. The monoisotopic (exact) mass is 829 g/mol. The van der Waals surface area contributed by atoms with E-state index in [1.807, 2.05) is 6.07 Å². The lowest BCUT2D eigenvalue weighted by atomic mass is 9.85. The number of piperidine rings is 1. The number of nitrogens with zero attached hydrogens (tertiary/aromatic N) is 5. The summed E-state index contributed by atoms with van der Waals surface area (Å²) < 4.78 is 47.7. The van der Waals surface area contributed by atoms with Gasteiger partial charge in [0, 0.05) is 50.0 Å². The van der Waals surface area contributed by atoms with E-state index in [2.05, 4.69) is 36.3 Å². The Labute approximate surface area is 341 Å². The molecule has 8 rings (SSSR count). The van der Waals surface area contributed by atoms with E-state index in [-0.39, 0.29) is 53.9 Å². The van der Waals surface area contributed by atoms with Crippen molar-refractivity contribution in [1.82, 2.24) is 34.9 Å². The van der Waals surface area contributed by atoms with Gasteiger partial charge in [0.25, 0.3) is 12.3 Å². The minimum atomic E-state index is -2.94. The molecule has 1 unspecified atom stereocenters. The van der Waals surface area contributed by atoms with E-state index in [1.54, 1.807) is 30.5 Å². The molecule has 0 spiro atoms. The number of pyridine rings is 1. The first-order valence-electron chi connectivity index (χ1n) is 20.3. The molecular formula is C41H45F2N9O8. The highest BCUT2D eigenvalue weighted by Gasteiger charge is 2.32. The van der Waals surface area contributed by atoms with E-state index in [1.165, 1.54) is 34.6 Å². The van der Waals surface area contributed by atoms with Gasteiger partial charge in [-0.15, -0.1) is 0 Å². The minimum absolute atomic E-state index is 0.0790. The lowest BCUT2D eigenvalue weighted by Crippen LogP contribution is -2.43. The summed E-state index contributed by atoms with van der Waals surface area (Å²) in [6, 6.07) is 7.77. The zero-order valence-corrected chi connectivity index (χ0v) is 32.7. The van der Waals surface area contributed by atoms with E-state index in [4.69, 9.17) is 13.6 Å². The fourth-order valence-electron chi connectivity index (χ4n) is 7.77. The Bertz CT molecular complexity index is 2430. The molecule has 0 radical (unpaired) electrons. The van der Waals surface area contributed by atoms with Crippen LogP contribution in [0, 0.1) is 11.8 Å². The maximum Gasteiger partial charge on any atom is 0.420 e. The molecule has 2 saturated carbocycles. The van der Waals surface area contributed by atoms with Crippen molar-refractivity contribution < 1.29 is 41.5 Å². The molecule has 4 amide bonds. The maximum absolute atomic E-state index is 14.1. The Hall–Kier alpha value is -6.24. The van der Waals surface area contributed by atoms with Crippen molar-refractivity contribution in [3.63, 3.8) is 0 Å². The fourth-order valence-corrected chi connectivity index (χ4v) is 7.77. The molecule has 1 aliphatic heterocycles. The van der Waals surface area contributed by atoms with Gasteiger partial charge >= 0.3 is 5.76 Å². The summed E-state index contributed by atoms with van der Waals surface area (Å²) in [5.74, 6) is -1.12. The normalized spacial score (nSPS) is 19.4. The SMILES string of the molecule is O=C1CCC(n2c(=O)oc3c(CCCOCCNC(=O)[C@H]4CC[C@H](n5cc(NC(=O)c6coc(-c7ccnc(NCC8CC8)c7)n6)c(C(F)F)n5)CC4)cccc32)C(=O)N1. The predicted molar refractivity (Wildman–Crippen MR) is 211 cm³/mol. The van der Waals surface area contributed by atoms with Gasteiger partial charge in [-0.25, -0.2) is 23.5 Å². The number of oxazole rings is 2. The number of benzene rings is 1. The van der Waals surface area contributed by atoms with Crippen LogP contribution in [0.2, 0.25) is 0 Å². The standard InChI is InChI=1S/C41H45F2N9O8/c42-36(43)34-28(47-38(55)29-22-59-40(48-29)26-14-15-44-32(19-26)46-20-23-6-7-23)21-51(50-34)27-10-8-25(9-11-27)37(54)45-16-18-58-17-2-4-24-3-1-5-30-35(24)60-41(57)52(30)31-12-13-33(53)49-39(31)56/h1,3,5,14-15,19,21-23,25,27,31,36H,2,4,6-13,16-18,20H2,(H,44,46)(H,45,54)(H,47,55)(H,49,53,56)/t25-,27-,31?. The first-order chi connectivity index (χ1) is 29.1. The van der Waals surface area contributed by atoms with Crippen molar-refractivity contribution in [3.05, 3.63) is 76.5 Å². The smallest absolute Gasteiger partial charge is 0.420 e. The molecule has 4 aromatic heterocycles. The third-order valence-electron chi connectivity index (χ3n) is 11.2. The molecule has 17 nitrogen and oxygen atoms in total. The van der Waals surface area contributed by atoms with Gasteiger partial charge in [0.05, 0.1) is 23.9 Å². The van der Waals surface area contributed by atoms with Gasteiger partial charge in [0.15, 0.2) is 17.0 Å². The summed E-state index contributed by atoms with van der Waals surface area (Å²) in [6.07, 6.45) is 7.29. The lowest BCUT2D eigenvalue weighted by molar-refractivity contribution is -0.135. The Morgan fingerprint density at radius 2 is 1.87 bits per heavy atom. The molecule has 5 aromatic rings. The number of carbonyl (C=O) groups excluding carboxylic acids is 4. The second kappa shape index (κ2) is 17.9. The Balaban J connectivity index is 0.765. The highest BCUT2D eigenvalue weighted by Crippen LogP contribution is 2.35. The molecule has 3 aliphatic rings. The number of fused-ring (bicyclic) bond motifs is 1. The van der Waals surface area contributed by atoms with Crippen LogP contribution in [0.4, 0.5) is 20.3 Å². The molecule has 0 bridgehead atoms. The first-order valence-corrected chi connectivity index (χ1v) is 20.3. The number of carbonyl (C=O) groups is 4. The van der Waals surface area contributed by atoms with Crippen molar-refractivity contribution >= 4 is 46.2 Å². The number of ether oxygens (including phenoxy) is 1. The van der Waals surface area contributed by atoms with Crippen LogP contribution in [0.1, 0.15) is 98.0 Å². The molecule has 4 N–H and O–H groups in total. The summed E-state index contributed by atoms with van der Waals surface area (Å²) in [5, 5.41) is 15.1. The van der Waals surface area contributed by atoms with Crippen LogP contribution in [-0.4, -0.2) is 74.2 Å². The maximum atomic E-state index is 14.1. The Morgan fingerprint density at radius 3 is 2.65 bits per heavy atom. The number of hydrogen-bond donors (Lipinski definition) is 4. The van der Waals surface area contributed by atoms with Crippen LogP contribution in [0.3, 0.4) is 0 Å². The fraction of sp³-hybridized carbons (Fsp3) is 0.463. The van der Waals surface area contributed by atoms with Crippen molar-refractivity contribution in [2.24, 2.45) is 11.8 Å². The lowest BCUT2D eigenvalue weighted by Gasteiger charge is -2.28. The average Bonchev–Trinajstić information content (AvgIpc) is 3.59. The molecule has 1 aromatic carbocycles. The number of imide groups is 1. The number of anilines is 2. The second-order valence-electron chi connectivity index (χ2n) is 15.4.